The van der Waals surface area contributed by atoms with Crippen molar-refractivity contribution in [1.29, 1.82) is 0 Å². The van der Waals surface area contributed by atoms with Crippen LogP contribution in [0, 0.1) is 23.3 Å². The zero-order valence-electron chi connectivity index (χ0n) is 36.8. The van der Waals surface area contributed by atoms with Gasteiger partial charge >= 0.3 is 10.2 Å². The van der Waals surface area contributed by atoms with Gasteiger partial charge in [0.05, 0.1) is 46.1 Å². The van der Waals surface area contributed by atoms with Crippen LogP contribution in [0.3, 0.4) is 0 Å². The number of carbonyl (C=O) groups excluding carboxylic acids is 4. The first-order valence-electron chi connectivity index (χ1n) is 21.1. The van der Waals surface area contributed by atoms with Crippen molar-refractivity contribution in [2.45, 2.75) is 30.3 Å². The molecule has 4 amide bonds. The third kappa shape index (κ3) is 8.33. The topological polar surface area (TPSA) is 175 Å². The number of benzene rings is 5. The summed E-state index contributed by atoms with van der Waals surface area (Å²) >= 11 is 0. The van der Waals surface area contributed by atoms with Gasteiger partial charge in [0.2, 0.25) is 17.7 Å². The van der Waals surface area contributed by atoms with Gasteiger partial charge in [-0.25, -0.2) is 36.1 Å². The first kappa shape index (κ1) is 45.4. The van der Waals surface area contributed by atoms with E-state index < -0.39 is 87.7 Å². The number of aryl methyl sites for hydroxylation is 2. The van der Waals surface area contributed by atoms with Crippen molar-refractivity contribution >= 4 is 78.7 Å². The monoisotopic (exact) mass is 950 g/mol. The summed E-state index contributed by atoms with van der Waals surface area (Å²) in [5.41, 5.74) is 1.87. The minimum absolute atomic E-state index is 0.00119. The van der Waals surface area contributed by atoms with E-state index in [0.29, 0.717) is 34.5 Å². The standard InChI is InChI=1S/C47H42F4N10O6S/c1-56-25-52-36-20-33(9-11-39(36)56)58(3)45(64)38(15-27-13-29(48)18-30(49)14-27)54-43(62)23-60-41-7-5-6-8-42(41)61(68(60,66)67)24-44(63)55-47(22-35(47)28-16-31(50)19-32(51)17-28)46(65)59(4)34-10-12-40-37(21-34)53-26-57(40)2/h5-14,16-21,25-26,35,38H,15,22-24H2,1-4H3,(H,54,62)(H,55,63)/t35?,38-,47+/m0/s1. The van der Waals surface area contributed by atoms with E-state index in [1.165, 1.54) is 48.2 Å². The molecule has 2 aliphatic rings. The fourth-order valence-corrected chi connectivity index (χ4v) is 10.5. The van der Waals surface area contributed by atoms with Crippen LogP contribution in [-0.2, 0) is 49.9 Å². The number of aromatic nitrogens is 4. The summed E-state index contributed by atoms with van der Waals surface area (Å²) in [7, 11) is 1.77. The molecule has 1 aliphatic heterocycles. The molecule has 3 atom stereocenters. The molecule has 3 heterocycles. The summed E-state index contributed by atoms with van der Waals surface area (Å²) in [6.07, 6.45) is 2.73. The van der Waals surface area contributed by atoms with Gasteiger partial charge in [0.15, 0.2) is 0 Å². The zero-order chi connectivity index (χ0) is 48.4. The number of nitrogens with zero attached hydrogens (tertiary/aromatic N) is 8. The number of para-hydroxylation sites is 2. The molecule has 1 fully saturated rings. The Morgan fingerprint density at radius 2 is 1.21 bits per heavy atom. The van der Waals surface area contributed by atoms with Crippen LogP contribution < -0.4 is 29.0 Å². The lowest BCUT2D eigenvalue weighted by atomic mass is 10.0. The van der Waals surface area contributed by atoms with E-state index in [2.05, 4.69) is 20.6 Å². The summed E-state index contributed by atoms with van der Waals surface area (Å²) in [5, 5.41) is 5.27. The molecule has 7 aromatic rings. The lowest BCUT2D eigenvalue weighted by Crippen LogP contribution is -2.54. The number of hydrogen-bond donors (Lipinski definition) is 2. The van der Waals surface area contributed by atoms with Crippen LogP contribution in [0.5, 0.6) is 0 Å². The Morgan fingerprint density at radius 1 is 0.706 bits per heavy atom. The van der Waals surface area contributed by atoms with Crippen molar-refractivity contribution in [3.8, 4) is 0 Å². The van der Waals surface area contributed by atoms with E-state index in [-0.39, 0.29) is 35.3 Å². The molecule has 0 saturated heterocycles. The smallest absolute Gasteiger partial charge is 0.327 e. The number of carbonyl (C=O) groups is 4. The quantitative estimate of drug-likeness (QED) is 0.152. The Labute approximate surface area is 386 Å². The van der Waals surface area contributed by atoms with Crippen molar-refractivity contribution < 1.29 is 45.2 Å². The molecule has 5 aromatic carbocycles. The second-order valence-corrected chi connectivity index (χ2v) is 18.7. The number of halogens is 4. The van der Waals surface area contributed by atoms with E-state index in [1.807, 2.05) is 0 Å². The van der Waals surface area contributed by atoms with Crippen molar-refractivity contribution in [3.63, 3.8) is 0 Å². The van der Waals surface area contributed by atoms with E-state index in [4.69, 9.17) is 0 Å². The van der Waals surface area contributed by atoms with Gasteiger partial charge in [-0.2, -0.15) is 8.42 Å². The maximum Gasteiger partial charge on any atom is 0.327 e. The lowest BCUT2D eigenvalue weighted by molar-refractivity contribution is -0.127. The van der Waals surface area contributed by atoms with Gasteiger partial charge in [0.1, 0.15) is 47.9 Å². The van der Waals surface area contributed by atoms with Crippen LogP contribution in [0.4, 0.5) is 40.3 Å². The predicted octanol–water partition coefficient (Wildman–Crippen LogP) is 4.98. The number of rotatable bonds is 13. The molecule has 350 valence electrons. The van der Waals surface area contributed by atoms with Crippen LogP contribution in [0.2, 0.25) is 0 Å². The molecule has 2 aromatic heterocycles. The first-order valence-corrected chi connectivity index (χ1v) is 22.5. The fourth-order valence-electron chi connectivity index (χ4n) is 8.85. The van der Waals surface area contributed by atoms with Crippen LogP contribution in [-0.4, -0.2) is 89.9 Å². The number of fused-ring (bicyclic) bond motifs is 3. The zero-order valence-corrected chi connectivity index (χ0v) is 37.6. The average Bonchev–Trinajstić information content (AvgIpc) is 3.63. The van der Waals surface area contributed by atoms with Crippen molar-refractivity contribution in [2.24, 2.45) is 14.1 Å². The van der Waals surface area contributed by atoms with Crippen LogP contribution in [0.25, 0.3) is 22.1 Å². The Balaban J connectivity index is 0.963. The lowest BCUT2D eigenvalue weighted by Gasteiger charge is -2.27. The highest BCUT2D eigenvalue weighted by molar-refractivity contribution is 7.94. The summed E-state index contributed by atoms with van der Waals surface area (Å²) in [6.45, 7) is -1.79. The number of likely N-dealkylation sites (N-methyl/N-ethyl adjacent to an activating group) is 2. The van der Waals surface area contributed by atoms with Gasteiger partial charge in [-0.1, -0.05) is 12.1 Å². The average molecular weight is 951 g/mol. The highest BCUT2D eigenvalue weighted by Gasteiger charge is 2.63. The summed E-state index contributed by atoms with van der Waals surface area (Å²) in [5.74, 6) is -7.81. The minimum Gasteiger partial charge on any atom is -0.342 e. The molecule has 68 heavy (non-hydrogen) atoms. The van der Waals surface area contributed by atoms with Gasteiger partial charge in [-0.15, -0.1) is 0 Å². The molecule has 2 N–H and O–H groups in total. The molecule has 1 unspecified atom stereocenters. The molecular weight excluding hydrogens is 909 g/mol. The van der Waals surface area contributed by atoms with E-state index >= 15 is 0 Å². The largest absolute Gasteiger partial charge is 0.342 e. The van der Waals surface area contributed by atoms with E-state index in [9.17, 15) is 45.2 Å². The predicted molar refractivity (Wildman–Crippen MR) is 245 cm³/mol. The number of amides is 4. The normalized spacial score (nSPS) is 17.5. The van der Waals surface area contributed by atoms with Crippen molar-refractivity contribution in [2.75, 3.05) is 45.6 Å². The number of imidazole rings is 2. The number of nitrogens with one attached hydrogen (secondary N) is 2. The SMILES string of the molecule is CN(C(=O)[C@H](Cc1cc(F)cc(F)c1)NC(=O)CN1c2ccccc2N(CC(=O)N[C@]2(C(=O)N(C)c3ccc4c(c3)ncn4C)CC2c2cc(F)cc(F)c2)S1(=O)=O)c1ccc2c(c1)ncn2C. The number of hydrogen-bond acceptors (Lipinski definition) is 8. The number of anilines is 4. The van der Waals surface area contributed by atoms with Gasteiger partial charge in [-0.05, 0) is 90.3 Å². The minimum atomic E-state index is -4.75. The van der Waals surface area contributed by atoms with Crippen LogP contribution in [0.15, 0.2) is 110 Å². The van der Waals surface area contributed by atoms with E-state index in [1.54, 1.807) is 72.3 Å². The molecule has 1 aliphatic carbocycles. The van der Waals surface area contributed by atoms with E-state index in [0.717, 1.165) is 43.9 Å². The molecule has 21 heteroatoms. The van der Waals surface area contributed by atoms with Gasteiger partial charge in [-0.3, -0.25) is 19.2 Å². The first-order chi connectivity index (χ1) is 32.3. The summed E-state index contributed by atoms with van der Waals surface area (Å²) < 4.78 is 91.8. The Hall–Kier alpha value is -7.81. The Bertz CT molecular complexity index is 3290. The second kappa shape index (κ2) is 17.1. The van der Waals surface area contributed by atoms with Crippen LogP contribution >= 0.6 is 0 Å². The molecule has 0 radical (unpaired) electrons. The summed E-state index contributed by atoms with van der Waals surface area (Å²) in [4.78, 5) is 68.0. The van der Waals surface area contributed by atoms with Crippen molar-refractivity contribution in [3.05, 3.63) is 144 Å². The third-order valence-electron chi connectivity index (χ3n) is 12.4. The second-order valence-electron chi connectivity index (χ2n) is 16.9. The molecule has 0 bridgehead atoms. The molecule has 1 saturated carbocycles. The molecule has 16 nitrogen and oxygen atoms in total. The van der Waals surface area contributed by atoms with Gasteiger partial charge in [0.25, 0.3) is 5.91 Å². The highest BCUT2D eigenvalue weighted by atomic mass is 32.2. The molecule has 9 rings (SSSR count). The Morgan fingerprint density at radius 3 is 1.75 bits per heavy atom. The fraction of sp³-hybridized carbons (Fsp3) is 0.234. The van der Waals surface area contributed by atoms with Crippen molar-refractivity contribution in [1.82, 2.24) is 29.7 Å². The van der Waals surface area contributed by atoms with Gasteiger partial charge in [0, 0.05) is 64.0 Å². The van der Waals surface area contributed by atoms with Crippen LogP contribution in [0.1, 0.15) is 23.5 Å². The maximum absolute atomic E-state index is 14.5. The third-order valence-corrected chi connectivity index (χ3v) is 14.1. The summed E-state index contributed by atoms with van der Waals surface area (Å²) in [6, 6.07) is 20.0. The Kier molecular flexibility index (Phi) is 11.4. The van der Waals surface area contributed by atoms with Gasteiger partial charge < -0.3 is 29.6 Å². The maximum atomic E-state index is 14.5. The molecular formula is C47H42F4N10O6S. The highest BCUT2D eigenvalue weighted by Crippen LogP contribution is 2.53. The molecule has 0 spiro atoms.